The third kappa shape index (κ3) is 4.09. The Hall–Kier alpha value is -1.30. The number of urea groups is 1. The van der Waals surface area contributed by atoms with Crippen molar-refractivity contribution >= 4 is 12.0 Å². The van der Waals surface area contributed by atoms with Crippen LogP contribution >= 0.6 is 0 Å². The lowest BCUT2D eigenvalue weighted by Gasteiger charge is -2.41. The van der Waals surface area contributed by atoms with Gasteiger partial charge in [0.25, 0.3) is 0 Å². The Kier molecular flexibility index (Phi) is 4.63. The minimum atomic E-state index is -0.781. The molecule has 1 heterocycles. The molecule has 1 unspecified atom stereocenters. The first-order valence-corrected chi connectivity index (χ1v) is 7.07. The van der Waals surface area contributed by atoms with E-state index >= 15 is 0 Å². The number of nitrogens with zero attached hydrogens (tertiary/aromatic N) is 1. The monoisotopic (exact) mass is 269 g/mol. The highest BCUT2D eigenvalue weighted by Crippen LogP contribution is 2.23. The van der Waals surface area contributed by atoms with E-state index in [1.807, 2.05) is 0 Å². The van der Waals surface area contributed by atoms with Crippen LogP contribution in [0, 0.1) is 11.8 Å². The normalized spacial score (nSPS) is 20.8. The summed E-state index contributed by atoms with van der Waals surface area (Å²) in [6.07, 6.45) is 3.50. The summed E-state index contributed by atoms with van der Waals surface area (Å²) in [5, 5.41) is 15.1. The standard InChI is InChI=1S/C13H23N3O3/c1-9(12(17)18)10-7-16(8-10)13(19)15-6-2-5-14-11-3-4-11/h9-11,14H,2-8H2,1H3,(H,15,19)(H,17,18). The second kappa shape index (κ2) is 6.23. The van der Waals surface area contributed by atoms with Crippen molar-refractivity contribution in [2.75, 3.05) is 26.2 Å². The van der Waals surface area contributed by atoms with Gasteiger partial charge in [-0.25, -0.2) is 4.79 Å². The molecule has 2 fully saturated rings. The van der Waals surface area contributed by atoms with Gasteiger partial charge in [0.05, 0.1) is 5.92 Å². The second-order valence-corrected chi connectivity index (χ2v) is 5.61. The zero-order valence-corrected chi connectivity index (χ0v) is 11.4. The molecule has 2 amide bonds. The van der Waals surface area contributed by atoms with Gasteiger partial charge in [0.1, 0.15) is 0 Å². The fraction of sp³-hybridized carbons (Fsp3) is 0.846. The minimum absolute atomic E-state index is 0.0692. The Morgan fingerprint density at radius 2 is 2.00 bits per heavy atom. The van der Waals surface area contributed by atoms with Gasteiger partial charge in [0, 0.05) is 31.6 Å². The minimum Gasteiger partial charge on any atom is -0.481 e. The molecule has 1 aliphatic carbocycles. The predicted molar refractivity (Wildman–Crippen MR) is 70.9 cm³/mol. The zero-order valence-electron chi connectivity index (χ0n) is 11.4. The number of hydrogen-bond donors (Lipinski definition) is 3. The topological polar surface area (TPSA) is 81.7 Å². The number of carbonyl (C=O) groups is 2. The van der Waals surface area contributed by atoms with Gasteiger partial charge in [-0.05, 0) is 25.8 Å². The summed E-state index contributed by atoms with van der Waals surface area (Å²) in [6, 6.07) is 0.643. The number of carboxylic acid groups (broad SMARTS) is 1. The van der Waals surface area contributed by atoms with Crippen LogP contribution in [0.1, 0.15) is 26.2 Å². The summed E-state index contributed by atoms with van der Waals surface area (Å²) in [7, 11) is 0. The zero-order chi connectivity index (χ0) is 13.8. The van der Waals surface area contributed by atoms with Gasteiger partial charge in [-0.1, -0.05) is 6.92 Å². The van der Waals surface area contributed by atoms with E-state index < -0.39 is 5.97 Å². The number of nitrogens with one attached hydrogen (secondary N) is 2. The molecule has 2 rings (SSSR count). The van der Waals surface area contributed by atoms with Crippen molar-refractivity contribution in [3.8, 4) is 0 Å². The summed E-state index contributed by atoms with van der Waals surface area (Å²) in [6.45, 7) is 4.43. The first-order chi connectivity index (χ1) is 9.08. The number of hydrogen-bond acceptors (Lipinski definition) is 3. The molecule has 0 aromatic carbocycles. The van der Waals surface area contributed by atoms with Gasteiger partial charge in [0.15, 0.2) is 0 Å². The van der Waals surface area contributed by atoms with Crippen LogP contribution in [-0.4, -0.2) is 54.2 Å². The molecule has 19 heavy (non-hydrogen) atoms. The van der Waals surface area contributed by atoms with E-state index in [0.29, 0.717) is 25.7 Å². The average molecular weight is 269 g/mol. The molecular weight excluding hydrogens is 246 g/mol. The predicted octanol–water partition coefficient (Wildman–Crippen LogP) is 0.491. The van der Waals surface area contributed by atoms with E-state index in [9.17, 15) is 9.59 Å². The molecule has 108 valence electrons. The molecule has 6 nitrogen and oxygen atoms in total. The molecular formula is C13H23N3O3. The molecule has 1 saturated heterocycles. The summed E-state index contributed by atoms with van der Waals surface area (Å²) in [5.74, 6) is -1.05. The van der Waals surface area contributed by atoms with Gasteiger partial charge in [-0.2, -0.15) is 0 Å². The Morgan fingerprint density at radius 1 is 1.32 bits per heavy atom. The maximum absolute atomic E-state index is 11.7. The maximum atomic E-state index is 11.7. The van der Waals surface area contributed by atoms with Crippen molar-refractivity contribution in [1.29, 1.82) is 0 Å². The Labute approximate surface area is 113 Å². The van der Waals surface area contributed by atoms with Crippen molar-refractivity contribution in [3.05, 3.63) is 0 Å². The van der Waals surface area contributed by atoms with Crippen LogP contribution in [0.2, 0.25) is 0 Å². The molecule has 6 heteroatoms. The molecule has 0 bridgehead atoms. The number of amides is 2. The Balaban J connectivity index is 1.51. The maximum Gasteiger partial charge on any atom is 0.317 e. The molecule has 1 aliphatic heterocycles. The fourth-order valence-corrected chi connectivity index (χ4v) is 2.19. The van der Waals surface area contributed by atoms with E-state index in [2.05, 4.69) is 10.6 Å². The summed E-state index contributed by atoms with van der Waals surface area (Å²) in [4.78, 5) is 24.2. The highest BCUT2D eigenvalue weighted by Gasteiger charge is 2.36. The Bertz CT molecular complexity index is 338. The van der Waals surface area contributed by atoms with Crippen molar-refractivity contribution in [3.63, 3.8) is 0 Å². The molecule has 0 aromatic rings. The lowest BCUT2D eigenvalue weighted by atomic mass is 9.87. The second-order valence-electron chi connectivity index (χ2n) is 5.61. The number of carboxylic acids is 1. The number of aliphatic carboxylic acids is 1. The molecule has 2 aliphatic rings. The van der Waals surface area contributed by atoms with Crippen LogP contribution < -0.4 is 10.6 Å². The van der Waals surface area contributed by atoms with E-state index in [1.54, 1.807) is 11.8 Å². The molecule has 1 atom stereocenters. The van der Waals surface area contributed by atoms with Crippen LogP contribution in [0.25, 0.3) is 0 Å². The Morgan fingerprint density at radius 3 is 2.58 bits per heavy atom. The molecule has 3 N–H and O–H groups in total. The van der Waals surface area contributed by atoms with Gasteiger partial charge in [0.2, 0.25) is 0 Å². The van der Waals surface area contributed by atoms with Gasteiger partial charge < -0.3 is 20.6 Å². The third-order valence-corrected chi connectivity index (χ3v) is 3.93. The highest BCUT2D eigenvalue weighted by molar-refractivity contribution is 5.76. The molecule has 1 saturated carbocycles. The third-order valence-electron chi connectivity index (χ3n) is 3.93. The summed E-state index contributed by atoms with van der Waals surface area (Å²) in [5.41, 5.74) is 0. The van der Waals surface area contributed by atoms with Crippen LogP contribution in [0.4, 0.5) is 4.79 Å². The van der Waals surface area contributed by atoms with Crippen molar-refractivity contribution < 1.29 is 14.7 Å². The number of rotatable bonds is 7. The largest absolute Gasteiger partial charge is 0.481 e. The molecule has 0 aromatic heterocycles. The van der Waals surface area contributed by atoms with E-state index in [1.165, 1.54) is 12.8 Å². The quantitative estimate of drug-likeness (QED) is 0.588. The summed E-state index contributed by atoms with van der Waals surface area (Å²) >= 11 is 0. The lowest BCUT2D eigenvalue weighted by molar-refractivity contribution is -0.144. The summed E-state index contributed by atoms with van der Waals surface area (Å²) < 4.78 is 0. The van der Waals surface area contributed by atoms with E-state index in [0.717, 1.165) is 13.0 Å². The van der Waals surface area contributed by atoms with Crippen molar-refractivity contribution in [2.45, 2.75) is 32.2 Å². The van der Waals surface area contributed by atoms with Gasteiger partial charge in [-0.15, -0.1) is 0 Å². The first-order valence-electron chi connectivity index (χ1n) is 7.07. The number of likely N-dealkylation sites (tertiary alicyclic amines) is 1. The van der Waals surface area contributed by atoms with Crippen LogP contribution in [0.3, 0.4) is 0 Å². The van der Waals surface area contributed by atoms with Gasteiger partial charge >= 0.3 is 12.0 Å². The van der Waals surface area contributed by atoms with Crippen LogP contribution in [-0.2, 0) is 4.79 Å². The van der Waals surface area contributed by atoms with Crippen molar-refractivity contribution in [1.82, 2.24) is 15.5 Å². The van der Waals surface area contributed by atoms with Crippen LogP contribution in [0.15, 0.2) is 0 Å². The number of carbonyl (C=O) groups excluding carboxylic acids is 1. The van der Waals surface area contributed by atoms with Crippen molar-refractivity contribution in [2.24, 2.45) is 11.8 Å². The first kappa shape index (κ1) is 14.1. The fourth-order valence-electron chi connectivity index (χ4n) is 2.19. The van der Waals surface area contributed by atoms with E-state index in [4.69, 9.17) is 5.11 Å². The SMILES string of the molecule is CC(C(=O)O)C1CN(C(=O)NCCCNC2CC2)C1. The van der Waals surface area contributed by atoms with Gasteiger partial charge in [-0.3, -0.25) is 4.79 Å². The molecule has 0 radical (unpaired) electrons. The lowest BCUT2D eigenvalue weighted by Crippen LogP contribution is -2.56. The molecule has 0 spiro atoms. The van der Waals surface area contributed by atoms with E-state index in [-0.39, 0.29) is 17.9 Å². The smallest absolute Gasteiger partial charge is 0.317 e. The average Bonchev–Trinajstić information content (AvgIpc) is 3.10. The highest BCUT2D eigenvalue weighted by atomic mass is 16.4. The van der Waals surface area contributed by atoms with Crippen LogP contribution in [0.5, 0.6) is 0 Å².